The van der Waals surface area contributed by atoms with Crippen LogP contribution >= 0.6 is 43.2 Å². The van der Waals surface area contributed by atoms with Crippen molar-refractivity contribution in [2.24, 2.45) is 0 Å². The number of rotatable bonds is 3. The van der Waals surface area contributed by atoms with E-state index in [4.69, 9.17) is 0 Å². The Morgan fingerprint density at radius 3 is 2.67 bits per heavy atom. The van der Waals surface area contributed by atoms with Crippen molar-refractivity contribution in [1.82, 2.24) is 0 Å². The molecule has 0 fully saturated rings. The molecule has 4 heteroatoms. The van der Waals surface area contributed by atoms with Crippen LogP contribution in [-0.4, -0.2) is 5.78 Å². The molecule has 66 valence electrons. The van der Waals surface area contributed by atoms with Gasteiger partial charge in [0.2, 0.25) is 0 Å². The summed E-state index contributed by atoms with van der Waals surface area (Å²) < 4.78 is 1.86. The van der Waals surface area contributed by atoms with Crippen molar-refractivity contribution in [2.75, 3.05) is 0 Å². The molecule has 1 rings (SSSR count). The molecule has 12 heavy (non-hydrogen) atoms. The molecule has 0 spiro atoms. The van der Waals surface area contributed by atoms with Gasteiger partial charge in [0.15, 0.2) is 5.78 Å². The average Bonchev–Trinajstić information content (AvgIpc) is 2.34. The molecule has 0 saturated heterocycles. The number of halogens is 2. The Kier molecular flexibility index (Phi) is 3.93. The van der Waals surface area contributed by atoms with Gasteiger partial charge in [-0.3, -0.25) is 4.79 Å². The third kappa shape index (κ3) is 2.18. The number of hydrogen-bond donors (Lipinski definition) is 0. The van der Waals surface area contributed by atoms with Crippen LogP contribution in [0.3, 0.4) is 0 Å². The summed E-state index contributed by atoms with van der Waals surface area (Å²) in [4.78, 5) is 12.3. The van der Waals surface area contributed by atoms with Crippen LogP contribution in [0.4, 0.5) is 0 Å². The summed E-state index contributed by atoms with van der Waals surface area (Å²) in [5, 5.41) is 1.92. The van der Waals surface area contributed by atoms with Crippen molar-refractivity contribution in [3.05, 3.63) is 19.2 Å². The van der Waals surface area contributed by atoms with Crippen molar-refractivity contribution in [1.29, 1.82) is 0 Å². The zero-order valence-corrected chi connectivity index (χ0v) is 10.6. The van der Waals surface area contributed by atoms with Crippen LogP contribution in [0.1, 0.15) is 29.4 Å². The third-order valence-electron chi connectivity index (χ3n) is 1.42. The van der Waals surface area contributed by atoms with Crippen molar-refractivity contribution >= 4 is 49.0 Å². The van der Waals surface area contributed by atoms with Gasteiger partial charge >= 0.3 is 0 Å². The molecular formula is C8H8Br2OS. The van der Waals surface area contributed by atoms with Crippen LogP contribution < -0.4 is 0 Å². The summed E-state index contributed by atoms with van der Waals surface area (Å²) in [5.74, 6) is 0.222. The Labute approximate surface area is 92.4 Å². The second-order valence-corrected chi connectivity index (χ2v) is 4.93. The quantitative estimate of drug-likeness (QED) is 0.762. The second-order valence-electron chi connectivity index (χ2n) is 2.40. The van der Waals surface area contributed by atoms with E-state index in [1.807, 2.05) is 12.3 Å². The number of hydrogen-bond acceptors (Lipinski definition) is 2. The smallest absolute Gasteiger partial charge is 0.173 e. The van der Waals surface area contributed by atoms with Gasteiger partial charge < -0.3 is 0 Å². The number of carbonyl (C=O) groups excluding carboxylic acids is 1. The van der Waals surface area contributed by atoms with Crippen LogP contribution in [-0.2, 0) is 0 Å². The number of carbonyl (C=O) groups is 1. The van der Waals surface area contributed by atoms with Crippen LogP contribution in [0.2, 0.25) is 0 Å². The highest BCUT2D eigenvalue weighted by Crippen LogP contribution is 2.33. The molecule has 0 unspecified atom stereocenters. The van der Waals surface area contributed by atoms with Gasteiger partial charge in [0.1, 0.15) is 0 Å². The predicted octanol–water partition coefficient (Wildman–Crippen LogP) is 4.26. The molecule has 0 atom stereocenters. The maximum absolute atomic E-state index is 11.4. The fourth-order valence-electron chi connectivity index (χ4n) is 0.851. The Hall–Kier alpha value is 0.330. The molecule has 1 heterocycles. The lowest BCUT2D eigenvalue weighted by Gasteiger charge is -1.94. The topological polar surface area (TPSA) is 17.1 Å². The first-order chi connectivity index (χ1) is 5.66. The van der Waals surface area contributed by atoms with E-state index in [0.717, 1.165) is 20.2 Å². The van der Waals surface area contributed by atoms with Crippen LogP contribution in [0.25, 0.3) is 0 Å². The molecule has 1 aromatic rings. The molecular weight excluding hydrogens is 304 g/mol. The zero-order chi connectivity index (χ0) is 9.14. The maximum atomic E-state index is 11.4. The Balaban J connectivity index is 2.88. The van der Waals surface area contributed by atoms with E-state index in [1.165, 1.54) is 11.3 Å². The van der Waals surface area contributed by atoms with E-state index < -0.39 is 0 Å². The average molecular weight is 312 g/mol. The van der Waals surface area contributed by atoms with Gasteiger partial charge in [0.05, 0.1) is 9.35 Å². The number of ketones is 1. The van der Waals surface area contributed by atoms with Gasteiger partial charge in [0, 0.05) is 16.3 Å². The fraction of sp³-hybridized carbons (Fsp3) is 0.375. The van der Waals surface area contributed by atoms with E-state index in [9.17, 15) is 4.79 Å². The minimum absolute atomic E-state index is 0.222. The molecule has 0 bridgehead atoms. The highest BCUT2D eigenvalue weighted by atomic mass is 79.9. The highest BCUT2D eigenvalue weighted by Gasteiger charge is 2.13. The molecule has 0 amide bonds. The fourth-order valence-corrected chi connectivity index (χ4v) is 3.01. The lowest BCUT2D eigenvalue weighted by molar-refractivity contribution is 0.0985. The SMILES string of the molecule is CCCC(=O)c1scc(Br)c1Br. The monoisotopic (exact) mass is 310 g/mol. The number of Topliss-reactive ketones (excluding diaryl/α,β-unsaturated/α-hetero) is 1. The third-order valence-corrected chi connectivity index (χ3v) is 4.99. The van der Waals surface area contributed by atoms with Crippen molar-refractivity contribution in [3.63, 3.8) is 0 Å². The van der Waals surface area contributed by atoms with Crippen LogP contribution in [0.15, 0.2) is 14.3 Å². The van der Waals surface area contributed by atoms with Gasteiger partial charge in [-0.15, -0.1) is 11.3 Å². The Bertz CT molecular complexity index is 293. The molecule has 1 nitrogen and oxygen atoms in total. The maximum Gasteiger partial charge on any atom is 0.173 e. The summed E-state index contributed by atoms with van der Waals surface area (Å²) in [6, 6.07) is 0. The van der Waals surface area contributed by atoms with Gasteiger partial charge in [-0.2, -0.15) is 0 Å². The van der Waals surface area contributed by atoms with Crippen molar-refractivity contribution in [3.8, 4) is 0 Å². The Morgan fingerprint density at radius 2 is 2.25 bits per heavy atom. The minimum atomic E-state index is 0.222. The van der Waals surface area contributed by atoms with E-state index in [0.29, 0.717) is 6.42 Å². The van der Waals surface area contributed by atoms with Gasteiger partial charge in [0.25, 0.3) is 0 Å². The molecule has 1 aromatic heterocycles. The van der Waals surface area contributed by atoms with Gasteiger partial charge in [-0.05, 0) is 38.3 Å². The summed E-state index contributed by atoms with van der Waals surface area (Å²) in [6.07, 6.45) is 1.53. The van der Waals surface area contributed by atoms with E-state index in [2.05, 4.69) is 31.9 Å². The van der Waals surface area contributed by atoms with Crippen molar-refractivity contribution in [2.45, 2.75) is 19.8 Å². The van der Waals surface area contributed by atoms with E-state index in [1.54, 1.807) is 0 Å². The van der Waals surface area contributed by atoms with E-state index >= 15 is 0 Å². The lowest BCUT2D eigenvalue weighted by Crippen LogP contribution is -1.94. The normalized spacial score (nSPS) is 10.2. The summed E-state index contributed by atoms with van der Waals surface area (Å²) >= 11 is 8.19. The van der Waals surface area contributed by atoms with E-state index in [-0.39, 0.29) is 5.78 Å². The molecule has 0 saturated carbocycles. The molecule has 0 aliphatic rings. The largest absolute Gasteiger partial charge is 0.293 e. The molecule has 0 aromatic carbocycles. The predicted molar refractivity (Wildman–Crippen MR) is 59.0 cm³/mol. The second kappa shape index (κ2) is 4.53. The highest BCUT2D eigenvalue weighted by molar-refractivity contribution is 9.13. The summed E-state index contributed by atoms with van der Waals surface area (Å²) in [6.45, 7) is 2.01. The minimum Gasteiger partial charge on any atom is -0.293 e. The first-order valence-corrected chi connectivity index (χ1v) is 6.09. The Morgan fingerprint density at radius 1 is 1.58 bits per heavy atom. The first-order valence-electron chi connectivity index (χ1n) is 3.62. The zero-order valence-electron chi connectivity index (χ0n) is 6.56. The van der Waals surface area contributed by atoms with Crippen molar-refractivity contribution < 1.29 is 4.79 Å². The van der Waals surface area contributed by atoms with Crippen LogP contribution in [0.5, 0.6) is 0 Å². The molecule has 0 aliphatic heterocycles. The summed E-state index contributed by atoms with van der Waals surface area (Å²) in [7, 11) is 0. The molecule has 0 N–H and O–H groups in total. The summed E-state index contributed by atoms with van der Waals surface area (Å²) in [5.41, 5.74) is 0. The molecule has 0 radical (unpaired) electrons. The van der Waals surface area contributed by atoms with Crippen LogP contribution in [0, 0.1) is 0 Å². The first kappa shape index (κ1) is 10.4. The number of thiophene rings is 1. The van der Waals surface area contributed by atoms with Gasteiger partial charge in [-0.1, -0.05) is 6.92 Å². The van der Waals surface area contributed by atoms with Gasteiger partial charge in [-0.25, -0.2) is 0 Å². The lowest BCUT2D eigenvalue weighted by atomic mass is 10.2. The standard InChI is InChI=1S/C8H8Br2OS/c1-2-3-6(11)8-7(10)5(9)4-12-8/h4H,2-3H2,1H3. The molecule has 0 aliphatic carbocycles.